The highest BCUT2D eigenvalue weighted by molar-refractivity contribution is 7.49. The van der Waals surface area contributed by atoms with Crippen molar-refractivity contribution in [2.75, 3.05) is 13.2 Å². The lowest BCUT2D eigenvalue weighted by molar-refractivity contribution is -0.294. The Morgan fingerprint density at radius 2 is 0.534 bits per heavy atom. The SMILES string of the molecule is CC(C)CO[C@@H]1O[C@H](COP(=O)(OCc2ccccc2)OCc2ccccc2)[C@H](OP(=O)(OCc2ccccc2)OCc2ccccc2)[C@H](OP(=O)(OCc2ccccc2)OCc2ccccc2)[C@H]1OP(=O)(OCc1ccccc1)OCc1ccccc1. The molecule has 18 nitrogen and oxygen atoms in total. The van der Waals surface area contributed by atoms with Crippen molar-refractivity contribution in [1.82, 2.24) is 0 Å². The molecule has 1 saturated heterocycles. The highest BCUT2D eigenvalue weighted by Gasteiger charge is 2.57. The Hall–Kier alpha value is -5.88. The van der Waals surface area contributed by atoms with E-state index in [1.807, 2.05) is 62.4 Å². The summed E-state index contributed by atoms with van der Waals surface area (Å²) in [6.45, 7) is 0.598. The maximum absolute atomic E-state index is 16.1. The summed E-state index contributed by atoms with van der Waals surface area (Å²) in [4.78, 5) is 0. The maximum Gasteiger partial charge on any atom is 0.475 e. The van der Waals surface area contributed by atoms with E-state index in [1.54, 1.807) is 194 Å². The highest BCUT2D eigenvalue weighted by Crippen LogP contribution is 2.61. The van der Waals surface area contributed by atoms with Gasteiger partial charge in [0.05, 0.1) is 66.1 Å². The summed E-state index contributed by atoms with van der Waals surface area (Å²) >= 11 is 0. The standard InChI is InChI=1S/C66H72O18P4/c1-53(2)43-71-66-65(84-88(70,78-50-60-39-23-9-24-40-60)79-51-61-41-25-10-26-42-61)64(83-87(69,76-48-58-35-19-7-20-36-58)77-49-59-37-21-8-22-38-59)63(82-86(68,74-46-56-31-15-5-16-32-56)75-47-57-33-17-6-18-34-57)62(81-66)52-80-85(67,72-44-54-27-11-3-12-28-54)73-45-55-29-13-4-14-30-55/h3-42,53,62-66H,43-52H2,1-2H3/t62-,63+,64+,65-,66-/m1/s1. The fraction of sp³-hybridized carbons (Fsp3) is 0.273. The van der Waals surface area contributed by atoms with Gasteiger partial charge in [-0.05, 0) is 50.4 Å². The fourth-order valence-electron chi connectivity index (χ4n) is 8.63. The second-order valence-electron chi connectivity index (χ2n) is 20.6. The zero-order valence-electron chi connectivity index (χ0n) is 48.8. The molecule has 0 spiro atoms. The van der Waals surface area contributed by atoms with Crippen LogP contribution in [0, 0.1) is 5.92 Å². The molecule has 0 N–H and O–H groups in total. The van der Waals surface area contributed by atoms with Crippen LogP contribution in [0.4, 0.5) is 0 Å². The van der Waals surface area contributed by atoms with Crippen LogP contribution in [0.15, 0.2) is 243 Å². The van der Waals surface area contributed by atoms with Gasteiger partial charge in [-0.3, -0.25) is 54.3 Å². The molecule has 1 heterocycles. The minimum Gasteiger partial charge on any atom is -0.350 e. The van der Waals surface area contributed by atoms with Crippen LogP contribution in [0.3, 0.4) is 0 Å². The average Bonchev–Trinajstić information content (AvgIpc) is 1.10. The van der Waals surface area contributed by atoms with Crippen LogP contribution in [-0.2, 0) is 135 Å². The highest BCUT2D eigenvalue weighted by atomic mass is 31.2. The number of phosphoric acid groups is 4. The van der Waals surface area contributed by atoms with E-state index in [2.05, 4.69) is 0 Å². The third kappa shape index (κ3) is 21.7. The lowest BCUT2D eigenvalue weighted by Crippen LogP contribution is -2.61. The summed E-state index contributed by atoms with van der Waals surface area (Å²) in [6.07, 6.45) is -9.32. The Kier molecular flexibility index (Phi) is 25.6. The normalized spacial score (nSPS) is 17.5. The Labute approximate surface area is 514 Å². The van der Waals surface area contributed by atoms with Crippen LogP contribution in [0.2, 0.25) is 0 Å². The molecule has 1 aliphatic heterocycles. The van der Waals surface area contributed by atoms with E-state index >= 15 is 18.3 Å². The van der Waals surface area contributed by atoms with Gasteiger partial charge in [0.1, 0.15) is 24.4 Å². The first-order valence-electron chi connectivity index (χ1n) is 28.6. The molecule has 0 amide bonds. The molecule has 88 heavy (non-hydrogen) atoms. The molecule has 0 aliphatic carbocycles. The monoisotopic (exact) mass is 1280 g/mol. The Bertz CT molecular complexity index is 3290. The summed E-state index contributed by atoms with van der Waals surface area (Å²) in [5.74, 6) is -0.187. The Morgan fingerprint density at radius 1 is 0.307 bits per heavy atom. The van der Waals surface area contributed by atoms with Crippen molar-refractivity contribution >= 4 is 31.3 Å². The van der Waals surface area contributed by atoms with Gasteiger partial charge in [0, 0.05) is 0 Å². The number of benzene rings is 8. The minimum atomic E-state index is -5.07. The smallest absolute Gasteiger partial charge is 0.350 e. The first-order chi connectivity index (χ1) is 42.8. The quantitative estimate of drug-likeness (QED) is 0.0336. The maximum atomic E-state index is 16.1. The lowest BCUT2D eigenvalue weighted by atomic mass is 9.99. The zero-order valence-corrected chi connectivity index (χ0v) is 52.3. The molecule has 1 fully saturated rings. The van der Waals surface area contributed by atoms with Gasteiger partial charge >= 0.3 is 31.3 Å². The number of hydrogen-bond acceptors (Lipinski definition) is 18. The number of rotatable bonds is 36. The van der Waals surface area contributed by atoms with E-state index in [-0.39, 0.29) is 65.4 Å². The van der Waals surface area contributed by atoms with Crippen LogP contribution >= 0.6 is 31.3 Å². The lowest BCUT2D eigenvalue weighted by Gasteiger charge is -2.46. The fourth-order valence-corrected chi connectivity index (χ4v) is 13.8. The van der Waals surface area contributed by atoms with Gasteiger partial charge in [-0.15, -0.1) is 0 Å². The van der Waals surface area contributed by atoms with Crippen molar-refractivity contribution in [3.8, 4) is 0 Å². The molecule has 5 atom stereocenters. The largest absolute Gasteiger partial charge is 0.475 e. The molecule has 0 saturated carbocycles. The van der Waals surface area contributed by atoms with E-state index in [4.69, 9.17) is 63.8 Å². The Morgan fingerprint density at radius 3 is 0.784 bits per heavy atom. The predicted octanol–water partition coefficient (Wildman–Crippen LogP) is 16.7. The molecule has 0 unspecified atom stereocenters. The number of phosphoric ester groups is 4. The van der Waals surface area contributed by atoms with Crippen LogP contribution < -0.4 is 0 Å². The van der Waals surface area contributed by atoms with Crippen molar-refractivity contribution < 1.29 is 82.0 Å². The van der Waals surface area contributed by atoms with E-state index < -0.39 is 68.6 Å². The first-order valence-corrected chi connectivity index (χ1v) is 34.5. The molecular weight excluding hydrogens is 1200 g/mol. The third-order valence-corrected chi connectivity index (χ3v) is 18.7. The van der Waals surface area contributed by atoms with Gasteiger partial charge in [0.15, 0.2) is 6.29 Å². The van der Waals surface area contributed by atoms with E-state index in [0.717, 1.165) is 0 Å². The Balaban J connectivity index is 1.19. The summed E-state index contributed by atoms with van der Waals surface area (Å²) in [6, 6.07) is 71.3. The van der Waals surface area contributed by atoms with Gasteiger partial charge < -0.3 is 9.47 Å². The van der Waals surface area contributed by atoms with Crippen molar-refractivity contribution in [3.63, 3.8) is 0 Å². The van der Waals surface area contributed by atoms with Crippen LogP contribution in [0.5, 0.6) is 0 Å². The molecule has 464 valence electrons. The molecule has 22 heteroatoms. The van der Waals surface area contributed by atoms with Crippen LogP contribution in [-0.4, -0.2) is 43.9 Å². The second kappa shape index (κ2) is 33.8. The number of ether oxygens (including phenoxy) is 2. The summed E-state index contributed by atoms with van der Waals surface area (Å²) in [5.41, 5.74) is 4.80. The van der Waals surface area contributed by atoms with Crippen molar-refractivity contribution in [2.24, 2.45) is 5.92 Å². The summed E-state index contributed by atoms with van der Waals surface area (Å²) in [5, 5.41) is 0. The zero-order chi connectivity index (χ0) is 61.3. The second-order valence-corrected chi connectivity index (χ2v) is 27.2. The first kappa shape index (κ1) is 66.5. The van der Waals surface area contributed by atoms with Crippen molar-refractivity contribution in [3.05, 3.63) is 287 Å². The topological polar surface area (TPSA) is 197 Å². The van der Waals surface area contributed by atoms with Gasteiger partial charge in [-0.1, -0.05) is 257 Å². The molecule has 8 aromatic rings. The molecule has 0 radical (unpaired) electrons. The van der Waals surface area contributed by atoms with Crippen molar-refractivity contribution in [2.45, 2.75) is 97.4 Å². The predicted molar refractivity (Wildman–Crippen MR) is 330 cm³/mol. The molecule has 1 aliphatic rings. The van der Waals surface area contributed by atoms with Crippen molar-refractivity contribution in [1.29, 1.82) is 0 Å². The molecule has 9 rings (SSSR count). The average molecular weight is 1280 g/mol. The molecule has 8 aromatic carbocycles. The summed E-state index contributed by atoms with van der Waals surface area (Å²) < 4.78 is 153. The van der Waals surface area contributed by atoms with E-state index in [9.17, 15) is 0 Å². The van der Waals surface area contributed by atoms with E-state index in [0.29, 0.717) is 44.5 Å². The summed E-state index contributed by atoms with van der Waals surface area (Å²) in [7, 11) is -19.8. The molecule has 0 aromatic heterocycles. The van der Waals surface area contributed by atoms with Crippen LogP contribution in [0.1, 0.15) is 58.4 Å². The third-order valence-electron chi connectivity index (χ3n) is 13.2. The van der Waals surface area contributed by atoms with Gasteiger partial charge in [0.2, 0.25) is 0 Å². The minimum absolute atomic E-state index is 0.0409. The molecular formula is C66H72O18P4. The van der Waals surface area contributed by atoms with Gasteiger partial charge in [-0.25, -0.2) is 18.3 Å². The van der Waals surface area contributed by atoms with Gasteiger partial charge in [-0.2, -0.15) is 0 Å². The molecule has 0 bridgehead atoms. The van der Waals surface area contributed by atoms with E-state index in [1.165, 1.54) is 0 Å². The van der Waals surface area contributed by atoms with Crippen LogP contribution in [0.25, 0.3) is 0 Å². The number of hydrogen-bond donors (Lipinski definition) is 0. The van der Waals surface area contributed by atoms with Gasteiger partial charge in [0.25, 0.3) is 0 Å².